The molecule has 0 amide bonds. The molecule has 0 spiro atoms. The van der Waals surface area contributed by atoms with Gasteiger partial charge < -0.3 is 39.7 Å². The van der Waals surface area contributed by atoms with Gasteiger partial charge >= 0.3 is 5.97 Å². The lowest BCUT2D eigenvalue weighted by atomic mass is 9.90. The fourth-order valence-electron chi connectivity index (χ4n) is 4.59. The number of hydrogen-bond acceptors (Lipinski definition) is 8. The van der Waals surface area contributed by atoms with Crippen molar-refractivity contribution < 1.29 is 44.5 Å². The van der Waals surface area contributed by atoms with Crippen molar-refractivity contribution in [1.82, 2.24) is 0 Å². The van der Waals surface area contributed by atoms with E-state index in [-0.39, 0.29) is 11.3 Å². The smallest absolute Gasteiger partial charge is 0.339 e. The third-order valence-corrected chi connectivity index (χ3v) is 6.72. The molecule has 2 unspecified atom stereocenters. The van der Waals surface area contributed by atoms with Gasteiger partial charge in [-0.3, -0.25) is 0 Å². The fraction of sp³-hybridized carbons (Fsp3) is 0.536. The molecule has 2 aliphatic heterocycles. The van der Waals surface area contributed by atoms with Crippen LogP contribution in [-0.4, -0.2) is 68.5 Å². The van der Waals surface area contributed by atoms with Gasteiger partial charge in [0.1, 0.15) is 28.8 Å². The monoisotopic (exact) mass is 518 g/mol. The van der Waals surface area contributed by atoms with Crippen molar-refractivity contribution in [2.45, 2.75) is 83.3 Å². The summed E-state index contributed by atoms with van der Waals surface area (Å²) in [6.45, 7) is 9.11. The summed E-state index contributed by atoms with van der Waals surface area (Å²) in [7, 11) is 0. The molecule has 3 rings (SSSR count). The molecule has 1 aromatic carbocycles. The van der Waals surface area contributed by atoms with E-state index in [1.54, 1.807) is 18.2 Å². The number of carboxylic acids is 1. The number of aliphatic hydroxyl groups is 4. The fourth-order valence-corrected chi connectivity index (χ4v) is 4.59. The van der Waals surface area contributed by atoms with Crippen LogP contribution in [0, 0.1) is 5.92 Å². The average molecular weight is 519 g/mol. The van der Waals surface area contributed by atoms with Crippen LogP contribution >= 0.6 is 0 Å². The van der Waals surface area contributed by atoms with Crippen molar-refractivity contribution in [3.8, 4) is 11.5 Å². The Morgan fingerprint density at radius 3 is 2.57 bits per heavy atom. The molecule has 1 aromatic rings. The zero-order valence-electron chi connectivity index (χ0n) is 21.6. The molecular formula is C28H38O9. The molecule has 0 bridgehead atoms. The molecule has 37 heavy (non-hydrogen) atoms. The summed E-state index contributed by atoms with van der Waals surface area (Å²) in [6, 6.07) is 1.72. The van der Waals surface area contributed by atoms with Crippen LogP contribution in [-0.2, 0) is 11.2 Å². The number of unbranched alkanes of at least 4 members (excludes halogenated alkanes) is 1. The first-order valence-corrected chi connectivity index (χ1v) is 12.5. The summed E-state index contributed by atoms with van der Waals surface area (Å²) in [6.07, 6.45) is 4.31. The zero-order valence-corrected chi connectivity index (χ0v) is 21.6. The molecule has 9 heteroatoms. The SMILES string of the molecule is C=CCCCc1cc2c(c(OC3O[C@H](O)[C@@H](O)[C@H](O)[C@H]3CO)c1C(=O)O)C=CC(C)(CCC=C(C)C)O2. The van der Waals surface area contributed by atoms with Gasteiger partial charge in [-0.25, -0.2) is 4.79 Å². The lowest BCUT2D eigenvalue weighted by molar-refractivity contribution is -0.312. The summed E-state index contributed by atoms with van der Waals surface area (Å²) in [5.41, 5.74) is 1.34. The summed E-state index contributed by atoms with van der Waals surface area (Å²) in [4.78, 5) is 12.5. The van der Waals surface area contributed by atoms with Gasteiger partial charge in [0.25, 0.3) is 0 Å². The molecule has 204 valence electrons. The third-order valence-electron chi connectivity index (χ3n) is 6.72. The highest BCUT2D eigenvalue weighted by molar-refractivity contribution is 5.95. The summed E-state index contributed by atoms with van der Waals surface area (Å²) in [5, 5.41) is 50.4. The van der Waals surface area contributed by atoms with Crippen LogP contribution < -0.4 is 9.47 Å². The highest BCUT2D eigenvalue weighted by Gasteiger charge is 2.46. The van der Waals surface area contributed by atoms with E-state index >= 15 is 0 Å². The first kappa shape index (κ1) is 28.9. The predicted molar refractivity (Wildman–Crippen MR) is 137 cm³/mol. The van der Waals surface area contributed by atoms with E-state index in [2.05, 4.69) is 12.7 Å². The third kappa shape index (κ3) is 6.61. The number of carbonyl (C=O) groups is 1. The molecular weight excluding hydrogens is 480 g/mol. The second kappa shape index (κ2) is 12.2. The number of aryl methyl sites for hydroxylation is 1. The molecule has 0 aromatic heterocycles. The largest absolute Gasteiger partial charge is 0.483 e. The Morgan fingerprint density at radius 1 is 1.22 bits per heavy atom. The maximum atomic E-state index is 12.5. The van der Waals surface area contributed by atoms with Crippen LogP contribution in [0.25, 0.3) is 6.08 Å². The van der Waals surface area contributed by atoms with E-state index in [9.17, 15) is 30.3 Å². The Morgan fingerprint density at radius 2 is 1.95 bits per heavy atom. The Labute approximate surface area is 217 Å². The van der Waals surface area contributed by atoms with Crippen LogP contribution in [0.1, 0.15) is 67.9 Å². The molecule has 0 aliphatic carbocycles. The quantitative estimate of drug-likeness (QED) is 0.220. The van der Waals surface area contributed by atoms with E-state index in [4.69, 9.17) is 14.2 Å². The number of ether oxygens (including phenoxy) is 3. The van der Waals surface area contributed by atoms with Gasteiger partial charge in [-0.1, -0.05) is 17.7 Å². The molecule has 0 radical (unpaired) electrons. The van der Waals surface area contributed by atoms with Crippen LogP contribution in [0.5, 0.6) is 11.5 Å². The molecule has 1 saturated heterocycles. The Kier molecular flexibility index (Phi) is 9.55. The van der Waals surface area contributed by atoms with Gasteiger partial charge in [0, 0.05) is 0 Å². The van der Waals surface area contributed by atoms with E-state index in [0.717, 1.165) is 6.42 Å². The lowest BCUT2D eigenvalue weighted by Crippen LogP contribution is -2.57. The van der Waals surface area contributed by atoms with E-state index in [0.29, 0.717) is 42.6 Å². The van der Waals surface area contributed by atoms with Gasteiger partial charge in [0.05, 0.1) is 24.2 Å². The highest BCUT2D eigenvalue weighted by Crippen LogP contribution is 2.44. The summed E-state index contributed by atoms with van der Waals surface area (Å²) >= 11 is 0. The first-order chi connectivity index (χ1) is 17.5. The Bertz CT molecular complexity index is 1040. The molecule has 1 fully saturated rings. The minimum atomic E-state index is -1.78. The second-order valence-corrected chi connectivity index (χ2v) is 10.0. The number of carboxylic acid groups (broad SMARTS) is 1. The van der Waals surface area contributed by atoms with Crippen LogP contribution in [0.15, 0.2) is 36.4 Å². The van der Waals surface area contributed by atoms with Crippen LogP contribution in [0.3, 0.4) is 0 Å². The molecule has 9 nitrogen and oxygen atoms in total. The van der Waals surface area contributed by atoms with Crippen molar-refractivity contribution in [3.05, 3.63) is 53.1 Å². The van der Waals surface area contributed by atoms with E-state index in [1.165, 1.54) is 5.57 Å². The predicted octanol–water partition coefficient (Wildman–Crippen LogP) is 3.19. The minimum absolute atomic E-state index is 0.0551. The maximum Gasteiger partial charge on any atom is 0.339 e. The topological polar surface area (TPSA) is 146 Å². The van der Waals surface area contributed by atoms with Gasteiger partial charge in [0.2, 0.25) is 6.29 Å². The number of benzene rings is 1. The number of fused-ring (bicyclic) bond motifs is 1. The van der Waals surface area contributed by atoms with Gasteiger partial charge in [-0.2, -0.15) is 0 Å². The number of rotatable bonds is 11. The van der Waals surface area contributed by atoms with E-state index < -0.39 is 48.9 Å². The van der Waals surface area contributed by atoms with Crippen molar-refractivity contribution in [3.63, 3.8) is 0 Å². The average Bonchev–Trinajstić information content (AvgIpc) is 2.82. The molecule has 2 heterocycles. The molecule has 2 aliphatic rings. The zero-order chi connectivity index (χ0) is 27.3. The van der Waals surface area contributed by atoms with Gasteiger partial charge in [-0.15, -0.1) is 6.58 Å². The van der Waals surface area contributed by atoms with Crippen molar-refractivity contribution in [2.75, 3.05) is 6.61 Å². The van der Waals surface area contributed by atoms with Gasteiger partial charge in [0.15, 0.2) is 6.29 Å². The first-order valence-electron chi connectivity index (χ1n) is 12.5. The second-order valence-electron chi connectivity index (χ2n) is 10.0. The Hall–Kier alpha value is -2.69. The van der Waals surface area contributed by atoms with Gasteiger partial charge in [-0.05, 0) is 76.7 Å². The van der Waals surface area contributed by atoms with Crippen molar-refractivity contribution >= 4 is 12.0 Å². The number of aromatic carboxylic acids is 1. The number of hydrogen-bond donors (Lipinski definition) is 5. The highest BCUT2D eigenvalue weighted by atomic mass is 16.7. The van der Waals surface area contributed by atoms with Crippen LogP contribution in [0.4, 0.5) is 0 Å². The van der Waals surface area contributed by atoms with Crippen molar-refractivity contribution in [2.24, 2.45) is 5.92 Å². The molecule has 0 saturated carbocycles. The normalized spacial score (nSPS) is 28.7. The molecule has 6 atom stereocenters. The standard InChI is InChI=1S/C28H38O9/c1-5-6-7-10-17-14-20-18(11-13-28(4,37-20)12-8-9-16(2)3)24(21(17)25(32)33)35-27-19(15-29)22(30)23(31)26(34)36-27/h5,9,11,13-14,19,22-23,26-27,29-31,34H,1,6-8,10,12,15H2,2-4H3,(H,32,33)/t19-,22-,23+,26+,27?,28?/m1/s1. The van der Waals surface area contributed by atoms with E-state index in [1.807, 2.05) is 26.8 Å². The molecule has 5 N–H and O–H groups in total. The maximum absolute atomic E-state index is 12.5. The number of allylic oxidation sites excluding steroid dienone is 3. The Balaban J connectivity index is 2.08. The van der Waals surface area contributed by atoms with Crippen molar-refractivity contribution in [1.29, 1.82) is 0 Å². The lowest BCUT2D eigenvalue weighted by Gasteiger charge is -2.40. The summed E-state index contributed by atoms with van der Waals surface area (Å²) in [5.74, 6) is -1.98. The van der Waals surface area contributed by atoms with Crippen LogP contribution in [0.2, 0.25) is 0 Å². The minimum Gasteiger partial charge on any atom is -0.483 e. The summed E-state index contributed by atoms with van der Waals surface area (Å²) < 4.78 is 17.7. The number of aliphatic hydroxyl groups excluding tert-OH is 4.